The first-order valence-corrected chi connectivity index (χ1v) is 10.2. The molecule has 0 bridgehead atoms. The van der Waals surface area contributed by atoms with Crippen LogP contribution in [-0.4, -0.2) is 44.2 Å². The van der Waals surface area contributed by atoms with Crippen LogP contribution in [0.15, 0.2) is 60.0 Å². The Morgan fingerprint density at radius 3 is 2.84 bits per heavy atom. The van der Waals surface area contributed by atoms with E-state index in [2.05, 4.69) is 19.9 Å². The van der Waals surface area contributed by atoms with Gasteiger partial charge in [-0.05, 0) is 29.8 Å². The van der Waals surface area contributed by atoms with Gasteiger partial charge in [0.25, 0.3) is 0 Å². The third-order valence-electron chi connectivity index (χ3n) is 5.61. The molecular weight excluding hydrogens is 416 g/mol. The van der Waals surface area contributed by atoms with E-state index < -0.39 is 0 Å². The molecule has 0 amide bonds. The molecular formula is C22H17ClN6O2. The van der Waals surface area contributed by atoms with Gasteiger partial charge in [0.05, 0.1) is 36.1 Å². The van der Waals surface area contributed by atoms with Gasteiger partial charge in [0, 0.05) is 17.5 Å². The Morgan fingerprint density at radius 1 is 1.13 bits per heavy atom. The van der Waals surface area contributed by atoms with Crippen molar-refractivity contribution in [1.82, 2.24) is 24.5 Å². The van der Waals surface area contributed by atoms with E-state index in [0.717, 1.165) is 39.8 Å². The van der Waals surface area contributed by atoms with Crippen LogP contribution in [0.2, 0.25) is 5.02 Å². The number of hydrogen-bond acceptors (Lipinski definition) is 6. The number of benzene rings is 2. The van der Waals surface area contributed by atoms with Gasteiger partial charge in [-0.2, -0.15) is 0 Å². The number of aromatic nitrogens is 5. The topological polar surface area (TPSA) is 79.3 Å². The molecule has 0 fully saturated rings. The van der Waals surface area contributed by atoms with Gasteiger partial charge in [-0.3, -0.25) is 4.57 Å². The predicted octanol–water partition coefficient (Wildman–Crippen LogP) is 3.54. The zero-order valence-corrected chi connectivity index (χ0v) is 17.3. The molecule has 6 rings (SSSR count). The van der Waals surface area contributed by atoms with Gasteiger partial charge >= 0.3 is 0 Å². The Kier molecular flexibility index (Phi) is 4.07. The van der Waals surface area contributed by atoms with Crippen LogP contribution in [0.25, 0.3) is 11.4 Å². The van der Waals surface area contributed by atoms with Gasteiger partial charge in [0.15, 0.2) is 0 Å². The Labute approximate surface area is 182 Å². The fourth-order valence-corrected chi connectivity index (χ4v) is 4.17. The molecule has 31 heavy (non-hydrogen) atoms. The minimum atomic E-state index is -0.0841. The van der Waals surface area contributed by atoms with E-state index in [1.54, 1.807) is 19.6 Å². The zero-order valence-electron chi connectivity index (χ0n) is 16.6. The average molecular weight is 433 g/mol. The fraction of sp³-hybridized carbons (Fsp3) is 0.182. The largest absolute Gasteiger partial charge is 0.497 e. The van der Waals surface area contributed by atoms with E-state index in [0.29, 0.717) is 23.9 Å². The highest BCUT2D eigenvalue weighted by molar-refractivity contribution is 6.30. The lowest BCUT2D eigenvalue weighted by Crippen LogP contribution is -2.08. The summed E-state index contributed by atoms with van der Waals surface area (Å²) in [5.74, 6) is 1.29. The monoisotopic (exact) mass is 432 g/mol. The summed E-state index contributed by atoms with van der Waals surface area (Å²) >= 11 is 6.02. The molecule has 4 heterocycles. The van der Waals surface area contributed by atoms with Gasteiger partial charge in [-0.1, -0.05) is 28.9 Å². The summed E-state index contributed by atoms with van der Waals surface area (Å²) in [7, 11) is 1.65. The molecule has 0 saturated carbocycles. The Hall–Kier alpha value is -3.65. The van der Waals surface area contributed by atoms with Crippen LogP contribution in [-0.2, 0) is 11.2 Å². The summed E-state index contributed by atoms with van der Waals surface area (Å²) in [6.07, 6.45) is 4.16. The number of methoxy groups -OCH3 is 1. The molecule has 9 heteroatoms. The number of aliphatic imine (C=N–C) groups is 1. The third kappa shape index (κ3) is 2.90. The minimum Gasteiger partial charge on any atom is -0.497 e. The highest BCUT2D eigenvalue weighted by Gasteiger charge is 2.29. The first-order chi connectivity index (χ1) is 15.2. The number of imidazole rings is 1. The van der Waals surface area contributed by atoms with Crippen molar-refractivity contribution < 1.29 is 9.47 Å². The minimum absolute atomic E-state index is 0.0841. The summed E-state index contributed by atoms with van der Waals surface area (Å²) in [4.78, 5) is 9.48. The van der Waals surface area contributed by atoms with E-state index in [9.17, 15) is 0 Å². The van der Waals surface area contributed by atoms with Crippen LogP contribution in [0.5, 0.6) is 5.75 Å². The van der Waals surface area contributed by atoms with Crippen molar-refractivity contribution in [3.05, 3.63) is 82.7 Å². The van der Waals surface area contributed by atoms with Gasteiger partial charge < -0.3 is 9.47 Å². The molecule has 0 aliphatic carbocycles. The molecule has 2 aromatic heterocycles. The number of ether oxygens (including phenoxy) is 2. The van der Waals surface area contributed by atoms with Gasteiger partial charge in [0.1, 0.15) is 30.4 Å². The molecule has 0 N–H and O–H groups in total. The molecule has 0 unspecified atom stereocenters. The lowest BCUT2D eigenvalue weighted by atomic mass is 10.1. The summed E-state index contributed by atoms with van der Waals surface area (Å²) in [6.45, 7) is 0.469. The predicted molar refractivity (Wildman–Crippen MR) is 115 cm³/mol. The van der Waals surface area contributed by atoms with Gasteiger partial charge in [-0.15, -0.1) is 5.10 Å². The first-order valence-electron chi connectivity index (χ1n) is 9.82. The maximum Gasteiger partial charge on any atom is 0.238 e. The van der Waals surface area contributed by atoms with Crippen molar-refractivity contribution in [2.75, 3.05) is 13.7 Å². The van der Waals surface area contributed by atoms with E-state index in [-0.39, 0.29) is 6.04 Å². The molecule has 8 nitrogen and oxygen atoms in total. The van der Waals surface area contributed by atoms with Crippen molar-refractivity contribution in [3.8, 4) is 17.1 Å². The molecule has 154 valence electrons. The number of halogens is 1. The van der Waals surface area contributed by atoms with E-state index in [4.69, 9.17) is 26.1 Å². The van der Waals surface area contributed by atoms with Gasteiger partial charge in [-0.25, -0.2) is 14.7 Å². The average Bonchev–Trinajstić information content (AvgIpc) is 3.53. The molecule has 0 radical (unpaired) electrons. The molecule has 0 saturated heterocycles. The van der Waals surface area contributed by atoms with E-state index in [1.807, 2.05) is 47.1 Å². The highest BCUT2D eigenvalue weighted by Crippen LogP contribution is 2.33. The lowest BCUT2D eigenvalue weighted by Gasteiger charge is -2.11. The maximum absolute atomic E-state index is 6.02. The van der Waals surface area contributed by atoms with Crippen molar-refractivity contribution in [3.63, 3.8) is 0 Å². The standard InChI is InChI=1S/C22H17ClN6O2/c1-30-16-6-7-18-19(9-16)29-15(10-25-27-29)8-20-21(24-12-28(18)20)22-26-17(11-31-22)13-2-4-14(23)5-3-13/h2-7,9-10,12,17H,8,11H2,1H3/t17-/m0/s1. The molecule has 0 spiro atoms. The lowest BCUT2D eigenvalue weighted by molar-refractivity contribution is 0.319. The van der Waals surface area contributed by atoms with Crippen molar-refractivity contribution >= 4 is 17.5 Å². The highest BCUT2D eigenvalue weighted by atomic mass is 35.5. The third-order valence-corrected chi connectivity index (χ3v) is 5.87. The number of fused-ring (bicyclic) bond motifs is 5. The summed E-state index contributed by atoms with van der Waals surface area (Å²) in [5.41, 5.74) is 5.53. The summed E-state index contributed by atoms with van der Waals surface area (Å²) < 4.78 is 15.3. The van der Waals surface area contributed by atoms with Gasteiger partial charge in [0.2, 0.25) is 5.90 Å². The molecule has 2 aliphatic rings. The second-order valence-electron chi connectivity index (χ2n) is 7.39. The first kappa shape index (κ1) is 18.1. The smallest absolute Gasteiger partial charge is 0.238 e. The Morgan fingerprint density at radius 2 is 2.00 bits per heavy atom. The fourth-order valence-electron chi connectivity index (χ4n) is 4.04. The van der Waals surface area contributed by atoms with E-state index >= 15 is 0 Å². The van der Waals surface area contributed by atoms with Crippen molar-refractivity contribution in [2.24, 2.45) is 4.99 Å². The van der Waals surface area contributed by atoms with Crippen molar-refractivity contribution in [1.29, 1.82) is 0 Å². The molecule has 2 aromatic carbocycles. The molecule has 2 aliphatic heterocycles. The summed E-state index contributed by atoms with van der Waals surface area (Å²) in [5, 5.41) is 9.10. The second-order valence-corrected chi connectivity index (χ2v) is 7.83. The number of rotatable bonds is 3. The SMILES string of the molecule is COc1ccc2c(c1)-n1nncc1Cc1c(C3=N[C@H](c4ccc(Cl)cc4)CO3)ncn1-2. The van der Waals surface area contributed by atoms with Crippen molar-refractivity contribution in [2.45, 2.75) is 12.5 Å². The van der Waals surface area contributed by atoms with Crippen LogP contribution in [0.3, 0.4) is 0 Å². The van der Waals surface area contributed by atoms with Crippen LogP contribution in [0.1, 0.15) is 28.7 Å². The summed E-state index contributed by atoms with van der Waals surface area (Å²) in [6, 6.07) is 13.5. The normalized spacial score (nSPS) is 16.6. The Bertz CT molecular complexity index is 1320. The van der Waals surface area contributed by atoms with Crippen LogP contribution < -0.4 is 4.74 Å². The van der Waals surface area contributed by atoms with Crippen LogP contribution in [0, 0.1) is 0 Å². The van der Waals surface area contributed by atoms with Crippen LogP contribution in [0.4, 0.5) is 0 Å². The molecule has 4 aromatic rings. The number of hydrogen-bond donors (Lipinski definition) is 0. The maximum atomic E-state index is 6.02. The second kappa shape index (κ2) is 6.95. The van der Waals surface area contributed by atoms with E-state index in [1.165, 1.54) is 0 Å². The molecule has 1 atom stereocenters. The van der Waals surface area contributed by atoms with Crippen LogP contribution >= 0.6 is 11.6 Å². The Balaban J connectivity index is 1.45. The quantitative estimate of drug-likeness (QED) is 0.435. The zero-order chi connectivity index (χ0) is 20.9. The number of nitrogens with zero attached hydrogens (tertiary/aromatic N) is 6.